The van der Waals surface area contributed by atoms with Crippen LogP contribution in [0.2, 0.25) is 0 Å². The highest BCUT2D eigenvalue weighted by Gasteiger charge is 2.28. The average Bonchev–Trinajstić information content (AvgIpc) is 3.60. The Bertz CT molecular complexity index is 1170. The topological polar surface area (TPSA) is 102 Å². The SMILES string of the molecule is Cc1ccc(S(=O)(=O)NC2CC2)cc1C(=O)OCC(=O)NC(C)c1ccc2c(c1)CCCC2. The van der Waals surface area contributed by atoms with Crippen LogP contribution >= 0.6 is 0 Å². The van der Waals surface area contributed by atoms with E-state index in [-0.39, 0.29) is 22.5 Å². The van der Waals surface area contributed by atoms with Gasteiger partial charge in [0.15, 0.2) is 6.61 Å². The minimum Gasteiger partial charge on any atom is -0.452 e. The van der Waals surface area contributed by atoms with Crippen LogP contribution < -0.4 is 10.0 Å². The molecule has 2 aromatic rings. The molecular weight excluding hydrogens is 440 g/mol. The third-order valence-electron chi connectivity index (χ3n) is 6.22. The largest absolute Gasteiger partial charge is 0.452 e. The summed E-state index contributed by atoms with van der Waals surface area (Å²) in [4.78, 5) is 25.0. The lowest BCUT2D eigenvalue weighted by Gasteiger charge is -2.20. The van der Waals surface area contributed by atoms with Gasteiger partial charge in [-0.1, -0.05) is 24.3 Å². The van der Waals surface area contributed by atoms with E-state index in [0.717, 1.165) is 31.2 Å². The zero-order valence-electron chi connectivity index (χ0n) is 19.0. The number of benzene rings is 2. The molecule has 7 nitrogen and oxygen atoms in total. The summed E-state index contributed by atoms with van der Waals surface area (Å²) in [6, 6.07) is 10.4. The van der Waals surface area contributed by atoms with E-state index >= 15 is 0 Å². The number of rotatable bonds is 8. The average molecular weight is 471 g/mol. The Morgan fingerprint density at radius 1 is 1.06 bits per heavy atom. The highest BCUT2D eigenvalue weighted by molar-refractivity contribution is 7.89. The number of esters is 1. The number of carbonyl (C=O) groups excluding carboxylic acids is 2. The van der Waals surface area contributed by atoms with E-state index in [1.165, 1.54) is 36.1 Å². The first-order valence-corrected chi connectivity index (χ1v) is 12.9. The fraction of sp³-hybridized carbons (Fsp3) is 0.440. The number of hydrogen-bond donors (Lipinski definition) is 2. The summed E-state index contributed by atoms with van der Waals surface area (Å²) in [5.74, 6) is -1.14. The molecule has 0 aliphatic heterocycles. The Hall–Kier alpha value is -2.71. The van der Waals surface area contributed by atoms with E-state index in [4.69, 9.17) is 4.74 Å². The zero-order valence-corrected chi connectivity index (χ0v) is 19.8. The third-order valence-corrected chi connectivity index (χ3v) is 7.74. The Morgan fingerprint density at radius 2 is 1.79 bits per heavy atom. The van der Waals surface area contributed by atoms with Crippen molar-refractivity contribution >= 4 is 21.9 Å². The molecule has 0 radical (unpaired) electrons. The van der Waals surface area contributed by atoms with Crippen LogP contribution in [-0.2, 0) is 32.4 Å². The molecule has 1 fully saturated rings. The fourth-order valence-electron chi connectivity index (χ4n) is 4.07. The first-order valence-electron chi connectivity index (χ1n) is 11.4. The van der Waals surface area contributed by atoms with Crippen molar-refractivity contribution in [2.45, 2.75) is 69.4 Å². The molecule has 1 saturated carbocycles. The van der Waals surface area contributed by atoms with Crippen molar-refractivity contribution in [3.63, 3.8) is 0 Å². The number of nitrogens with one attached hydrogen (secondary N) is 2. The highest BCUT2D eigenvalue weighted by Crippen LogP contribution is 2.25. The number of sulfonamides is 1. The minimum atomic E-state index is -3.69. The van der Waals surface area contributed by atoms with Crippen molar-refractivity contribution < 1.29 is 22.7 Å². The van der Waals surface area contributed by atoms with Gasteiger partial charge in [-0.05, 0) is 86.8 Å². The van der Waals surface area contributed by atoms with Crippen molar-refractivity contribution in [3.8, 4) is 0 Å². The first-order chi connectivity index (χ1) is 15.7. The van der Waals surface area contributed by atoms with Gasteiger partial charge in [-0.25, -0.2) is 17.9 Å². The summed E-state index contributed by atoms with van der Waals surface area (Å²) in [5, 5.41) is 2.87. The summed E-state index contributed by atoms with van der Waals surface area (Å²) < 4.78 is 32.7. The summed E-state index contributed by atoms with van der Waals surface area (Å²) in [6.07, 6.45) is 6.20. The van der Waals surface area contributed by atoms with Crippen molar-refractivity contribution in [1.82, 2.24) is 10.0 Å². The molecule has 0 bridgehead atoms. The van der Waals surface area contributed by atoms with Gasteiger partial charge in [0.1, 0.15) is 0 Å². The van der Waals surface area contributed by atoms with Gasteiger partial charge in [0.2, 0.25) is 10.0 Å². The molecule has 4 rings (SSSR count). The molecule has 0 heterocycles. The smallest absolute Gasteiger partial charge is 0.338 e. The number of fused-ring (bicyclic) bond motifs is 1. The molecule has 1 atom stereocenters. The molecule has 0 aromatic heterocycles. The number of carbonyl (C=O) groups is 2. The Morgan fingerprint density at radius 3 is 2.52 bits per heavy atom. The lowest BCUT2D eigenvalue weighted by molar-refractivity contribution is -0.124. The van der Waals surface area contributed by atoms with Crippen LogP contribution in [0.4, 0.5) is 0 Å². The van der Waals surface area contributed by atoms with Crippen LogP contribution in [-0.4, -0.2) is 32.9 Å². The molecule has 0 saturated heterocycles. The number of amides is 1. The predicted molar refractivity (Wildman–Crippen MR) is 124 cm³/mol. The van der Waals surface area contributed by atoms with Crippen LogP contribution in [0.1, 0.15) is 71.3 Å². The van der Waals surface area contributed by atoms with E-state index in [0.29, 0.717) is 5.56 Å². The zero-order chi connectivity index (χ0) is 23.6. The van der Waals surface area contributed by atoms with Crippen molar-refractivity contribution in [2.24, 2.45) is 0 Å². The maximum Gasteiger partial charge on any atom is 0.338 e. The van der Waals surface area contributed by atoms with Crippen molar-refractivity contribution in [3.05, 3.63) is 64.2 Å². The normalized spacial score (nSPS) is 16.5. The Balaban J connectivity index is 1.35. The van der Waals surface area contributed by atoms with Crippen LogP contribution in [0, 0.1) is 6.92 Å². The van der Waals surface area contributed by atoms with Gasteiger partial charge < -0.3 is 10.1 Å². The number of ether oxygens (including phenoxy) is 1. The second kappa shape index (κ2) is 9.65. The molecule has 1 amide bonds. The number of hydrogen-bond acceptors (Lipinski definition) is 5. The predicted octanol–water partition coefficient (Wildman–Crippen LogP) is 3.35. The van der Waals surface area contributed by atoms with Crippen LogP contribution in [0.15, 0.2) is 41.3 Å². The molecule has 2 aliphatic rings. The van der Waals surface area contributed by atoms with E-state index in [9.17, 15) is 18.0 Å². The highest BCUT2D eigenvalue weighted by atomic mass is 32.2. The maximum atomic E-state index is 12.6. The molecule has 2 N–H and O–H groups in total. The van der Waals surface area contributed by atoms with Gasteiger partial charge in [0.25, 0.3) is 5.91 Å². The Kier molecular flexibility index (Phi) is 6.86. The lowest BCUT2D eigenvalue weighted by Crippen LogP contribution is -2.31. The molecule has 1 unspecified atom stereocenters. The van der Waals surface area contributed by atoms with Gasteiger partial charge in [-0.3, -0.25) is 4.79 Å². The van der Waals surface area contributed by atoms with Crippen molar-refractivity contribution in [2.75, 3.05) is 6.61 Å². The van der Waals surface area contributed by atoms with E-state index in [2.05, 4.69) is 22.2 Å². The van der Waals surface area contributed by atoms with Crippen molar-refractivity contribution in [1.29, 1.82) is 0 Å². The molecule has 8 heteroatoms. The monoisotopic (exact) mass is 470 g/mol. The van der Waals surface area contributed by atoms with Gasteiger partial charge >= 0.3 is 5.97 Å². The molecule has 2 aromatic carbocycles. The van der Waals surface area contributed by atoms with Gasteiger partial charge in [-0.2, -0.15) is 0 Å². The maximum absolute atomic E-state index is 12.6. The summed E-state index contributed by atoms with van der Waals surface area (Å²) in [5.41, 5.74) is 4.45. The lowest BCUT2D eigenvalue weighted by atomic mass is 9.89. The number of aryl methyl sites for hydroxylation is 3. The second-order valence-corrected chi connectivity index (χ2v) is 10.7. The summed E-state index contributed by atoms with van der Waals surface area (Å²) >= 11 is 0. The van der Waals surface area contributed by atoms with E-state index < -0.39 is 28.5 Å². The summed E-state index contributed by atoms with van der Waals surface area (Å²) in [7, 11) is -3.69. The van der Waals surface area contributed by atoms with Crippen LogP contribution in [0.3, 0.4) is 0 Å². The molecule has 33 heavy (non-hydrogen) atoms. The van der Waals surface area contributed by atoms with E-state index in [1.807, 2.05) is 13.0 Å². The van der Waals surface area contributed by atoms with Crippen LogP contribution in [0.5, 0.6) is 0 Å². The molecule has 176 valence electrons. The summed E-state index contributed by atoms with van der Waals surface area (Å²) in [6.45, 7) is 3.15. The Labute approximate surface area is 195 Å². The standard InChI is InChI=1S/C25H30N2O5S/c1-16-7-12-22(33(30,31)27-21-10-11-21)14-23(16)25(29)32-15-24(28)26-17(2)19-9-8-18-5-3-4-6-20(18)13-19/h7-9,12-14,17,21,27H,3-6,10-11,15H2,1-2H3,(H,26,28). The van der Waals surface area contributed by atoms with Crippen LogP contribution in [0.25, 0.3) is 0 Å². The van der Waals surface area contributed by atoms with Gasteiger partial charge in [0, 0.05) is 6.04 Å². The van der Waals surface area contributed by atoms with Gasteiger partial charge in [-0.15, -0.1) is 0 Å². The molecular formula is C25H30N2O5S. The quantitative estimate of drug-likeness (QED) is 0.576. The fourth-order valence-corrected chi connectivity index (χ4v) is 5.41. The third kappa shape index (κ3) is 5.81. The van der Waals surface area contributed by atoms with E-state index in [1.54, 1.807) is 13.0 Å². The second-order valence-electron chi connectivity index (χ2n) is 8.97. The molecule has 2 aliphatic carbocycles. The van der Waals surface area contributed by atoms with Gasteiger partial charge in [0.05, 0.1) is 16.5 Å². The molecule has 0 spiro atoms. The first kappa shape index (κ1) is 23.4. The minimum absolute atomic E-state index is 0.0115.